The maximum absolute atomic E-state index is 5.67. The SMILES string of the molecule is C=C1CCC2=C(C)Cc3occ(C)c3CC12. The number of furan rings is 1. The largest absolute Gasteiger partial charge is 0.468 e. The van der Waals surface area contributed by atoms with Crippen molar-refractivity contribution in [3.63, 3.8) is 0 Å². The number of rotatable bonds is 0. The third-order valence-electron chi connectivity index (χ3n) is 4.20. The molecule has 0 amide bonds. The smallest absolute Gasteiger partial charge is 0.111 e. The first-order chi connectivity index (χ1) is 7.66. The Morgan fingerprint density at radius 2 is 2.12 bits per heavy atom. The Hall–Kier alpha value is -1.24. The summed E-state index contributed by atoms with van der Waals surface area (Å²) in [6.07, 6.45) is 6.42. The Balaban J connectivity index is 2.11. The summed E-state index contributed by atoms with van der Waals surface area (Å²) >= 11 is 0. The molecule has 0 radical (unpaired) electrons. The second-order valence-electron chi connectivity index (χ2n) is 5.22. The van der Waals surface area contributed by atoms with E-state index in [9.17, 15) is 0 Å². The van der Waals surface area contributed by atoms with Gasteiger partial charge in [-0.05, 0) is 44.2 Å². The van der Waals surface area contributed by atoms with Gasteiger partial charge in [-0.15, -0.1) is 0 Å². The molecule has 1 heteroatoms. The maximum Gasteiger partial charge on any atom is 0.111 e. The lowest BCUT2D eigenvalue weighted by atomic mass is 9.91. The van der Waals surface area contributed by atoms with Crippen LogP contribution in [0.1, 0.15) is 36.7 Å². The first kappa shape index (κ1) is 9.95. The second kappa shape index (κ2) is 3.38. The molecular formula is C15H18O. The van der Waals surface area contributed by atoms with Gasteiger partial charge in [-0.25, -0.2) is 0 Å². The zero-order valence-corrected chi connectivity index (χ0v) is 10.1. The van der Waals surface area contributed by atoms with Crippen molar-refractivity contribution in [2.24, 2.45) is 5.92 Å². The van der Waals surface area contributed by atoms with E-state index in [2.05, 4.69) is 20.4 Å². The minimum Gasteiger partial charge on any atom is -0.468 e. The zero-order valence-electron chi connectivity index (χ0n) is 10.1. The quantitative estimate of drug-likeness (QED) is 0.596. The molecule has 0 N–H and O–H groups in total. The maximum atomic E-state index is 5.67. The summed E-state index contributed by atoms with van der Waals surface area (Å²) in [5.74, 6) is 1.78. The molecule has 1 fully saturated rings. The van der Waals surface area contributed by atoms with E-state index in [1.807, 2.05) is 6.26 Å². The van der Waals surface area contributed by atoms with Crippen LogP contribution < -0.4 is 0 Å². The molecule has 1 nitrogen and oxygen atoms in total. The topological polar surface area (TPSA) is 13.1 Å². The Morgan fingerprint density at radius 1 is 1.31 bits per heavy atom. The molecular weight excluding hydrogens is 196 g/mol. The van der Waals surface area contributed by atoms with Crippen LogP contribution in [0.5, 0.6) is 0 Å². The number of fused-ring (bicyclic) bond motifs is 2. The standard InChI is InChI=1S/C15H18O/c1-9-4-5-12-10(2)6-15-14(7-13(9)12)11(3)8-16-15/h8,13H,1,4-7H2,2-3H3. The summed E-state index contributed by atoms with van der Waals surface area (Å²) in [6, 6.07) is 0. The van der Waals surface area contributed by atoms with Crippen molar-refractivity contribution >= 4 is 0 Å². The van der Waals surface area contributed by atoms with E-state index in [1.165, 1.54) is 40.9 Å². The van der Waals surface area contributed by atoms with Crippen LogP contribution in [0.3, 0.4) is 0 Å². The normalized spacial score (nSPS) is 24.4. The minimum atomic E-state index is 0.595. The van der Waals surface area contributed by atoms with Crippen LogP contribution in [0.15, 0.2) is 34.0 Å². The lowest BCUT2D eigenvalue weighted by Gasteiger charge is -2.12. The monoisotopic (exact) mass is 214 g/mol. The Morgan fingerprint density at radius 3 is 2.94 bits per heavy atom. The number of aryl methyl sites for hydroxylation is 1. The highest BCUT2D eigenvalue weighted by Gasteiger charge is 2.31. The molecule has 1 aromatic rings. The van der Waals surface area contributed by atoms with Gasteiger partial charge in [0, 0.05) is 12.3 Å². The number of hydrogen-bond acceptors (Lipinski definition) is 1. The highest BCUT2D eigenvalue weighted by Crippen LogP contribution is 2.43. The minimum absolute atomic E-state index is 0.595. The van der Waals surface area contributed by atoms with Crippen molar-refractivity contribution in [1.82, 2.24) is 0 Å². The fourth-order valence-corrected chi connectivity index (χ4v) is 3.17. The van der Waals surface area contributed by atoms with Gasteiger partial charge in [-0.3, -0.25) is 0 Å². The molecule has 0 aliphatic heterocycles. The van der Waals surface area contributed by atoms with Crippen molar-refractivity contribution in [2.75, 3.05) is 0 Å². The molecule has 16 heavy (non-hydrogen) atoms. The molecule has 1 heterocycles. The van der Waals surface area contributed by atoms with E-state index in [1.54, 1.807) is 5.57 Å². The van der Waals surface area contributed by atoms with Crippen LogP contribution in [0, 0.1) is 12.8 Å². The first-order valence-electron chi connectivity index (χ1n) is 6.09. The van der Waals surface area contributed by atoms with Gasteiger partial charge in [-0.1, -0.05) is 23.3 Å². The molecule has 1 unspecified atom stereocenters. The van der Waals surface area contributed by atoms with E-state index in [0.717, 1.165) is 12.8 Å². The second-order valence-corrected chi connectivity index (χ2v) is 5.22. The van der Waals surface area contributed by atoms with Gasteiger partial charge in [-0.2, -0.15) is 0 Å². The van der Waals surface area contributed by atoms with E-state index in [-0.39, 0.29) is 0 Å². The van der Waals surface area contributed by atoms with Gasteiger partial charge in [0.25, 0.3) is 0 Å². The fraction of sp³-hybridized carbons (Fsp3) is 0.467. The Labute approximate surface area is 96.8 Å². The molecule has 0 aromatic carbocycles. The average Bonchev–Trinajstić information content (AvgIpc) is 2.72. The molecule has 0 bridgehead atoms. The molecule has 2 aliphatic rings. The van der Waals surface area contributed by atoms with Crippen LogP contribution in [-0.2, 0) is 12.8 Å². The number of hydrogen-bond donors (Lipinski definition) is 0. The lowest BCUT2D eigenvalue weighted by Crippen LogP contribution is -2.03. The highest BCUT2D eigenvalue weighted by molar-refractivity contribution is 5.41. The molecule has 0 saturated heterocycles. The summed E-state index contributed by atoms with van der Waals surface area (Å²) in [4.78, 5) is 0. The van der Waals surface area contributed by atoms with Crippen LogP contribution in [0.4, 0.5) is 0 Å². The summed E-state index contributed by atoms with van der Waals surface area (Å²) in [7, 11) is 0. The molecule has 1 aromatic heterocycles. The summed E-state index contributed by atoms with van der Waals surface area (Å²) in [5, 5.41) is 0. The summed E-state index contributed by atoms with van der Waals surface area (Å²) in [6.45, 7) is 8.65. The van der Waals surface area contributed by atoms with Crippen molar-refractivity contribution in [1.29, 1.82) is 0 Å². The summed E-state index contributed by atoms with van der Waals surface area (Å²) in [5.41, 5.74) is 7.31. The van der Waals surface area contributed by atoms with Crippen molar-refractivity contribution < 1.29 is 4.42 Å². The fourth-order valence-electron chi connectivity index (χ4n) is 3.17. The molecule has 2 aliphatic carbocycles. The van der Waals surface area contributed by atoms with E-state index >= 15 is 0 Å². The third-order valence-corrected chi connectivity index (χ3v) is 4.20. The molecule has 84 valence electrons. The van der Waals surface area contributed by atoms with Gasteiger partial charge < -0.3 is 4.42 Å². The lowest BCUT2D eigenvalue weighted by molar-refractivity contribution is 0.515. The van der Waals surface area contributed by atoms with Crippen molar-refractivity contribution in [3.05, 3.63) is 46.4 Å². The van der Waals surface area contributed by atoms with Crippen LogP contribution in [-0.4, -0.2) is 0 Å². The van der Waals surface area contributed by atoms with Gasteiger partial charge in [0.05, 0.1) is 6.26 Å². The average molecular weight is 214 g/mol. The van der Waals surface area contributed by atoms with E-state index in [4.69, 9.17) is 4.42 Å². The van der Waals surface area contributed by atoms with Gasteiger partial charge >= 0.3 is 0 Å². The highest BCUT2D eigenvalue weighted by atomic mass is 16.3. The van der Waals surface area contributed by atoms with E-state index < -0.39 is 0 Å². The third kappa shape index (κ3) is 1.31. The zero-order chi connectivity index (χ0) is 11.3. The van der Waals surface area contributed by atoms with E-state index in [0.29, 0.717) is 5.92 Å². The predicted octanol–water partition coefficient (Wildman–Crippen LogP) is 3.97. The number of allylic oxidation sites excluding steroid dienone is 3. The van der Waals surface area contributed by atoms with Crippen LogP contribution in [0.25, 0.3) is 0 Å². The summed E-state index contributed by atoms with van der Waals surface area (Å²) < 4.78 is 5.67. The molecule has 0 spiro atoms. The predicted molar refractivity (Wildman–Crippen MR) is 65.4 cm³/mol. The van der Waals surface area contributed by atoms with Crippen molar-refractivity contribution in [3.8, 4) is 0 Å². The van der Waals surface area contributed by atoms with Crippen molar-refractivity contribution in [2.45, 2.75) is 39.5 Å². The van der Waals surface area contributed by atoms with Crippen LogP contribution in [0.2, 0.25) is 0 Å². The Kier molecular flexibility index (Phi) is 2.10. The first-order valence-corrected chi connectivity index (χ1v) is 6.09. The molecule has 1 saturated carbocycles. The van der Waals surface area contributed by atoms with Gasteiger partial charge in [0.1, 0.15) is 5.76 Å². The molecule has 3 rings (SSSR count). The van der Waals surface area contributed by atoms with Gasteiger partial charge in [0.2, 0.25) is 0 Å². The van der Waals surface area contributed by atoms with Gasteiger partial charge in [0.15, 0.2) is 0 Å². The van der Waals surface area contributed by atoms with Crippen LogP contribution >= 0.6 is 0 Å². The Bertz CT molecular complexity index is 488. The molecule has 1 atom stereocenters.